The van der Waals surface area contributed by atoms with Crippen molar-refractivity contribution in [2.24, 2.45) is 5.41 Å². The van der Waals surface area contributed by atoms with Crippen molar-refractivity contribution in [1.29, 1.82) is 0 Å². The monoisotopic (exact) mass is 306 g/mol. The summed E-state index contributed by atoms with van der Waals surface area (Å²) in [4.78, 5) is 34.9. The fourth-order valence-corrected chi connectivity index (χ4v) is 3.03. The van der Waals surface area contributed by atoms with Gasteiger partial charge in [0.05, 0.1) is 12.0 Å². The van der Waals surface area contributed by atoms with Crippen LogP contribution in [0.3, 0.4) is 0 Å². The number of amides is 1. The van der Waals surface area contributed by atoms with E-state index >= 15 is 0 Å². The lowest BCUT2D eigenvalue weighted by atomic mass is 9.76. The van der Waals surface area contributed by atoms with Gasteiger partial charge in [-0.05, 0) is 32.0 Å². The van der Waals surface area contributed by atoms with Crippen molar-refractivity contribution in [2.45, 2.75) is 25.4 Å². The Kier molecular flexibility index (Phi) is 3.93. The van der Waals surface area contributed by atoms with Crippen molar-refractivity contribution in [3.05, 3.63) is 28.2 Å². The average Bonchev–Trinajstić information content (AvgIpc) is 2.82. The topological polar surface area (TPSA) is 113 Å². The number of piperidine rings is 1. The van der Waals surface area contributed by atoms with Crippen LogP contribution in [0.5, 0.6) is 0 Å². The summed E-state index contributed by atoms with van der Waals surface area (Å²) in [5, 5.41) is 11.8. The molecule has 2 aliphatic rings. The maximum Gasteiger partial charge on any atom is 0.312 e. The van der Waals surface area contributed by atoms with E-state index in [1.165, 1.54) is 12.1 Å². The lowest BCUT2D eigenvalue weighted by Crippen LogP contribution is -2.39. The van der Waals surface area contributed by atoms with E-state index < -0.39 is 11.3 Å². The summed E-state index contributed by atoms with van der Waals surface area (Å²) < 4.78 is 5.40. The number of cyclic esters (lactones) is 1. The molecule has 3 heterocycles. The average molecular weight is 306 g/mol. The third-order valence-corrected chi connectivity index (χ3v) is 4.29. The second-order valence-corrected chi connectivity index (χ2v) is 5.78. The molecule has 2 fully saturated rings. The van der Waals surface area contributed by atoms with Crippen LogP contribution in [0.2, 0.25) is 0 Å². The van der Waals surface area contributed by atoms with Crippen LogP contribution in [0, 0.1) is 5.41 Å². The number of carbonyl (C=O) groups is 2. The van der Waals surface area contributed by atoms with E-state index in [0.717, 1.165) is 25.9 Å². The Morgan fingerprint density at radius 2 is 2.14 bits per heavy atom. The zero-order valence-corrected chi connectivity index (χ0v) is 12.1. The molecule has 0 bridgehead atoms. The Labute approximate surface area is 126 Å². The smallest absolute Gasteiger partial charge is 0.312 e. The predicted octanol–water partition coefficient (Wildman–Crippen LogP) is -0.815. The summed E-state index contributed by atoms with van der Waals surface area (Å²) in [6.07, 6.45) is 1.87. The number of nitrogens with one attached hydrogen (secondary N) is 3. The van der Waals surface area contributed by atoms with Gasteiger partial charge < -0.3 is 15.4 Å². The molecule has 118 valence electrons. The Balaban J connectivity index is 1.56. The number of aromatic amines is 1. The molecular formula is C14H18N4O4. The Hall–Kier alpha value is -2.22. The number of ether oxygens (including phenoxy) is 1. The number of rotatable bonds is 3. The SMILES string of the molecule is O=C(NCC1CC2(CCNCC2)C(=O)O1)c1ccc(=O)[nH]n1. The van der Waals surface area contributed by atoms with Crippen molar-refractivity contribution in [3.63, 3.8) is 0 Å². The van der Waals surface area contributed by atoms with Crippen molar-refractivity contribution in [1.82, 2.24) is 20.8 Å². The van der Waals surface area contributed by atoms with E-state index in [2.05, 4.69) is 20.8 Å². The molecule has 1 aromatic heterocycles. The summed E-state index contributed by atoms with van der Waals surface area (Å²) in [5.41, 5.74) is -0.633. The maximum atomic E-state index is 12.1. The normalized spacial score (nSPS) is 23.3. The highest BCUT2D eigenvalue weighted by atomic mass is 16.6. The number of H-pyrrole nitrogens is 1. The zero-order valence-electron chi connectivity index (χ0n) is 12.1. The first-order valence-electron chi connectivity index (χ1n) is 7.35. The third-order valence-electron chi connectivity index (χ3n) is 4.29. The first-order valence-corrected chi connectivity index (χ1v) is 7.35. The van der Waals surface area contributed by atoms with Gasteiger partial charge >= 0.3 is 5.97 Å². The van der Waals surface area contributed by atoms with Crippen molar-refractivity contribution < 1.29 is 14.3 Å². The number of hydrogen-bond acceptors (Lipinski definition) is 6. The molecule has 8 nitrogen and oxygen atoms in total. The molecule has 8 heteroatoms. The van der Waals surface area contributed by atoms with Crippen molar-refractivity contribution in [3.8, 4) is 0 Å². The van der Waals surface area contributed by atoms with Gasteiger partial charge in [0.25, 0.3) is 11.5 Å². The Bertz CT molecular complexity index is 615. The molecule has 1 spiro atoms. The molecule has 1 unspecified atom stereocenters. The summed E-state index contributed by atoms with van der Waals surface area (Å²) in [6.45, 7) is 1.88. The molecule has 22 heavy (non-hydrogen) atoms. The quantitative estimate of drug-likeness (QED) is 0.629. The lowest BCUT2D eigenvalue weighted by molar-refractivity contribution is -0.149. The summed E-state index contributed by atoms with van der Waals surface area (Å²) >= 11 is 0. The molecule has 3 N–H and O–H groups in total. The van der Waals surface area contributed by atoms with Crippen LogP contribution < -0.4 is 16.2 Å². The molecule has 2 saturated heterocycles. The molecule has 2 aliphatic heterocycles. The van der Waals surface area contributed by atoms with Gasteiger partial charge in [0.2, 0.25) is 0 Å². The highest BCUT2D eigenvalue weighted by Gasteiger charge is 2.49. The minimum Gasteiger partial charge on any atom is -0.460 e. The van der Waals surface area contributed by atoms with Crippen molar-refractivity contribution >= 4 is 11.9 Å². The number of carbonyl (C=O) groups excluding carboxylic acids is 2. The fraction of sp³-hybridized carbons (Fsp3) is 0.571. The minimum atomic E-state index is -0.404. The molecular weight excluding hydrogens is 288 g/mol. The molecule has 0 aliphatic carbocycles. The van der Waals surface area contributed by atoms with Crippen LogP contribution in [0.15, 0.2) is 16.9 Å². The minimum absolute atomic E-state index is 0.125. The van der Waals surface area contributed by atoms with Gasteiger partial charge in [0.15, 0.2) is 0 Å². The fourth-order valence-electron chi connectivity index (χ4n) is 3.03. The van der Waals surface area contributed by atoms with Crippen LogP contribution in [-0.2, 0) is 9.53 Å². The summed E-state index contributed by atoms with van der Waals surface area (Å²) in [7, 11) is 0. The largest absolute Gasteiger partial charge is 0.460 e. The van der Waals surface area contributed by atoms with Gasteiger partial charge in [-0.2, -0.15) is 5.10 Å². The van der Waals surface area contributed by atoms with Gasteiger partial charge in [-0.25, -0.2) is 5.10 Å². The van der Waals surface area contributed by atoms with E-state index in [1.807, 2.05) is 0 Å². The van der Waals surface area contributed by atoms with Crippen LogP contribution in [-0.4, -0.2) is 47.8 Å². The van der Waals surface area contributed by atoms with E-state index in [4.69, 9.17) is 4.74 Å². The molecule has 0 aromatic carbocycles. The van der Waals surface area contributed by atoms with Gasteiger partial charge in [0, 0.05) is 12.5 Å². The zero-order chi connectivity index (χ0) is 15.6. The first kappa shape index (κ1) is 14.7. The summed E-state index contributed by atoms with van der Waals surface area (Å²) in [5.74, 6) is -0.561. The van der Waals surface area contributed by atoms with E-state index in [-0.39, 0.29) is 29.9 Å². The van der Waals surface area contributed by atoms with Crippen LogP contribution >= 0.6 is 0 Å². The third kappa shape index (κ3) is 2.87. The second kappa shape index (κ2) is 5.88. The molecule has 1 amide bonds. The molecule has 3 rings (SSSR count). The second-order valence-electron chi connectivity index (χ2n) is 5.78. The van der Waals surface area contributed by atoms with E-state index in [9.17, 15) is 14.4 Å². The highest BCUT2D eigenvalue weighted by Crippen LogP contribution is 2.41. The number of esters is 1. The lowest BCUT2D eigenvalue weighted by Gasteiger charge is -2.29. The Morgan fingerprint density at radius 3 is 2.82 bits per heavy atom. The van der Waals surface area contributed by atoms with Crippen LogP contribution in [0.1, 0.15) is 29.8 Å². The maximum absolute atomic E-state index is 12.1. The highest BCUT2D eigenvalue weighted by molar-refractivity contribution is 5.92. The van der Waals surface area contributed by atoms with E-state index in [0.29, 0.717) is 6.42 Å². The number of nitrogens with zero attached hydrogens (tertiary/aromatic N) is 1. The van der Waals surface area contributed by atoms with Crippen molar-refractivity contribution in [2.75, 3.05) is 19.6 Å². The number of hydrogen-bond donors (Lipinski definition) is 3. The van der Waals surface area contributed by atoms with Crippen LogP contribution in [0.4, 0.5) is 0 Å². The Morgan fingerprint density at radius 1 is 1.36 bits per heavy atom. The van der Waals surface area contributed by atoms with Gasteiger partial charge in [0.1, 0.15) is 11.8 Å². The molecule has 1 atom stereocenters. The standard InChI is InChI=1S/C14H18N4O4/c19-11-2-1-10(17-18-11)12(20)16-8-9-7-14(13(21)22-9)3-5-15-6-4-14/h1-2,9,15H,3-8H2,(H,16,20)(H,18,19). The van der Waals surface area contributed by atoms with Gasteiger partial charge in [-0.1, -0.05) is 0 Å². The molecule has 0 saturated carbocycles. The predicted molar refractivity (Wildman–Crippen MR) is 76.2 cm³/mol. The number of aromatic nitrogens is 2. The molecule has 0 radical (unpaired) electrons. The first-order chi connectivity index (χ1) is 10.6. The van der Waals surface area contributed by atoms with E-state index in [1.54, 1.807) is 0 Å². The van der Waals surface area contributed by atoms with Gasteiger partial charge in [-0.15, -0.1) is 0 Å². The summed E-state index contributed by atoms with van der Waals surface area (Å²) in [6, 6.07) is 2.59. The molecule has 1 aromatic rings. The van der Waals surface area contributed by atoms with Gasteiger partial charge in [-0.3, -0.25) is 14.4 Å². The van der Waals surface area contributed by atoms with Crippen LogP contribution in [0.25, 0.3) is 0 Å².